The van der Waals surface area contributed by atoms with Gasteiger partial charge in [0.15, 0.2) is 0 Å². The number of aromatic nitrogens is 2. The zero-order valence-electron chi connectivity index (χ0n) is 19.5. The molecule has 0 saturated heterocycles. The largest absolute Gasteiger partial charge is 0.462 e. The number of rotatable bonds is 8. The summed E-state index contributed by atoms with van der Waals surface area (Å²) >= 11 is 0. The first-order valence-electron chi connectivity index (χ1n) is 11.1. The summed E-state index contributed by atoms with van der Waals surface area (Å²) in [7, 11) is 0. The maximum absolute atomic E-state index is 13.6. The number of carbonyl (C=O) groups excluding carboxylic acids is 2. The van der Waals surface area contributed by atoms with E-state index in [2.05, 4.69) is 27.6 Å². The second-order valence-electron chi connectivity index (χ2n) is 7.55. The lowest BCUT2D eigenvalue weighted by molar-refractivity contribution is 0.0526. The molecule has 8 nitrogen and oxygen atoms in total. The van der Waals surface area contributed by atoms with E-state index < -0.39 is 17.7 Å². The molecule has 0 saturated carbocycles. The van der Waals surface area contributed by atoms with Gasteiger partial charge in [-0.1, -0.05) is 13.0 Å². The molecule has 1 heterocycles. The first kappa shape index (κ1) is 24.6. The molecule has 0 atom stereocenters. The fourth-order valence-corrected chi connectivity index (χ4v) is 3.18. The topological polar surface area (TPSA) is 97.6 Å². The number of hydrogen-bond donors (Lipinski definition) is 2. The summed E-state index contributed by atoms with van der Waals surface area (Å²) in [6, 6.07) is 12.0. The van der Waals surface area contributed by atoms with Gasteiger partial charge in [0.25, 0.3) is 5.91 Å². The third-order valence-electron chi connectivity index (χ3n) is 4.89. The summed E-state index contributed by atoms with van der Waals surface area (Å²) in [5.41, 5.74) is 2.95. The van der Waals surface area contributed by atoms with Crippen LogP contribution in [-0.4, -0.2) is 34.2 Å². The molecule has 0 aliphatic carbocycles. The lowest BCUT2D eigenvalue weighted by atomic mass is 10.2. The molecule has 2 aromatic carbocycles. The summed E-state index contributed by atoms with van der Waals surface area (Å²) in [6.07, 6.45) is 2.89. The van der Waals surface area contributed by atoms with Crippen LogP contribution < -0.4 is 10.6 Å². The average molecular weight is 466 g/mol. The van der Waals surface area contributed by atoms with E-state index in [1.54, 1.807) is 31.2 Å². The van der Waals surface area contributed by atoms with Gasteiger partial charge in [0.05, 0.1) is 24.4 Å². The number of benzene rings is 2. The van der Waals surface area contributed by atoms with E-state index in [0.717, 1.165) is 30.3 Å². The third kappa shape index (κ3) is 6.74. The van der Waals surface area contributed by atoms with Crippen molar-refractivity contribution in [2.45, 2.75) is 40.3 Å². The van der Waals surface area contributed by atoms with Crippen molar-refractivity contribution in [3.05, 3.63) is 82.9 Å². The highest BCUT2D eigenvalue weighted by Crippen LogP contribution is 2.12. The standard InChI is InChI=1S/C25H28FN5O3/c1-4-13-31-16-20(17(3)30-31)15-27-25(29-23(32)19-7-6-8-21(26)14-19)28-22-11-9-18(10-12-22)24(33)34-5-2/h6-12,14,16H,4-5,13,15H2,1-3H3,(H2,27,28,29,32). The Balaban J connectivity index is 1.81. The van der Waals surface area contributed by atoms with Crippen LogP contribution in [0.4, 0.5) is 10.1 Å². The molecule has 0 bridgehead atoms. The van der Waals surface area contributed by atoms with Gasteiger partial charge >= 0.3 is 5.97 Å². The monoisotopic (exact) mass is 465 g/mol. The maximum atomic E-state index is 13.6. The Bertz CT molecular complexity index is 1170. The van der Waals surface area contributed by atoms with Gasteiger partial charge in [-0.25, -0.2) is 14.2 Å². The van der Waals surface area contributed by atoms with Crippen molar-refractivity contribution in [1.82, 2.24) is 15.1 Å². The number of guanidine groups is 1. The average Bonchev–Trinajstić information content (AvgIpc) is 3.17. The van der Waals surface area contributed by atoms with E-state index in [-0.39, 0.29) is 24.7 Å². The van der Waals surface area contributed by atoms with Crippen LogP contribution in [0, 0.1) is 12.7 Å². The van der Waals surface area contributed by atoms with Gasteiger partial charge in [0.2, 0.25) is 5.96 Å². The Kier molecular flexibility index (Phi) is 8.50. The lowest BCUT2D eigenvalue weighted by Crippen LogP contribution is -2.36. The molecular formula is C25H28FN5O3. The zero-order chi connectivity index (χ0) is 24.5. The van der Waals surface area contributed by atoms with Gasteiger partial charge in [-0.05, 0) is 62.7 Å². The summed E-state index contributed by atoms with van der Waals surface area (Å²) in [5.74, 6) is -1.25. The van der Waals surface area contributed by atoms with Crippen LogP contribution in [-0.2, 0) is 17.8 Å². The van der Waals surface area contributed by atoms with E-state index in [1.807, 2.05) is 17.8 Å². The smallest absolute Gasteiger partial charge is 0.338 e. The number of aryl methyl sites for hydroxylation is 2. The number of ether oxygens (including phenoxy) is 1. The van der Waals surface area contributed by atoms with Crippen LogP contribution in [0.1, 0.15) is 52.2 Å². The first-order valence-corrected chi connectivity index (χ1v) is 11.1. The molecule has 178 valence electrons. The maximum Gasteiger partial charge on any atom is 0.338 e. The van der Waals surface area contributed by atoms with Crippen molar-refractivity contribution in [3.8, 4) is 0 Å². The molecule has 0 aliphatic heterocycles. The molecule has 0 unspecified atom stereocenters. The van der Waals surface area contributed by atoms with Gasteiger partial charge in [0.1, 0.15) is 5.82 Å². The molecule has 1 amide bonds. The number of anilines is 1. The Morgan fingerprint density at radius 2 is 1.88 bits per heavy atom. The Labute approximate surface area is 197 Å². The molecule has 0 radical (unpaired) electrons. The van der Waals surface area contributed by atoms with Crippen LogP contribution in [0.3, 0.4) is 0 Å². The number of nitrogens with zero attached hydrogens (tertiary/aromatic N) is 3. The van der Waals surface area contributed by atoms with Crippen LogP contribution in [0.15, 0.2) is 59.7 Å². The molecule has 0 fully saturated rings. The molecule has 9 heteroatoms. The van der Waals surface area contributed by atoms with Crippen LogP contribution >= 0.6 is 0 Å². The van der Waals surface area contributed by atoms with Gasteiger partial charge in [-0.3, -0.25) is 14.8 Å². The molecule has 1 aromatic heterocycles. The summed E-state index contributed by atoms with van der Waals surface area (Å²) in [4.78, 5) is 29.1. The summed E-state index contributed by atoms with van der Waals surface area (Å²) in [6.45, 7) is 7.10. The summed E-state index contributed by atoms with van der Waals surface area (Å²) in [5, 5.41) is 10.2. The van der Waals surface area contributed by atoms with Crippen molar-refractivity contribution in [1.29, 1.82) is 0 Å². The Morgan fingerprint density at radius 3 is 2.56 bits per heavy atom. The Morgan fingerprint density at radius 1 is 1.12 bits per heavy atom. The van der Waals surface area contributed by atoms with Crippen LogP contribution in [0.2, 0.25) is 0 Å². The minimum Gasteiger partial charge on any atom is -0.462 e. The predicted molar refractivity (Wildman–Crippen MR) is 128 cm³/mol. The fraction of sp³-hybridized carbons (Fsp3) is 0.280. The van der Waals surface area contributed by atoms with Gasteiger partial charge in [0, 0.05) is 29.6 Å². The van der Waals surface area contributed by atoms with E-state index in [4.69, 9.17) is 4.74 Å². The molecule has 0 spiro atoms. The van der Waals surface area contributed by atoms with Crippen molar-refractivity contribution in [3.63, 3.8) is 0 Å². The minimum absolute atomic E-state index is 0.166. The van der Waals surface area contributed by atoms with E-state index in [1.165, 1.54) is 18.2 Å². The number of carbonyl (C=O) groups is 2. The molecule has 3 aromatic rings. The SMILES string of the molecule is CCCn1cc(CN=C(NC(=O)c2cccc(F)c2)Nc2ccc(C(=O)OCC)cc2)c(C)n1. The number of nitrogens with one attached hydrogen (secondary N) is 2. The van der Waals surface area contributed by atoms with Gasteiger partial charge in [-0.15, -0.1) is 0 Å². The van der Waals surface area contributed by atoms with E-state index in [9.17, 15) is 14.0 Å². The van der Waals surface area contributed by atoms with E-state index in [0.29, 0.717) is 11.3 Å². The third-order valence-corrected chi connectivity index (χ3v) is 4.89. The molecule has 34 heavy (non-hydrogen) atoms. The fourth-order valence-electron chi connectivity index (χ4n) is 3.18. The van der Waals surface area contributed by atoms with Gasteiger partial charge < -0.3 is 10.1 Å². The van der Waals surface area contributed by atoms with Crippen molar-refractivity contribution in [2.75, 3.05) is 11.9 Å². The molecule has 0 aliphatic rings. The number of hydrogen-bond acceptors (Lipinski definition) is 5. The normalized spacial score (nSPS) is 11.2. The van der Waals surface area contributed by atoms with Crippen LogP contribution in [0.5, 0.6) is 0 Å². The zero-order valence-corrected chi connectivity index (χ0v) is 19.5. The number of aliphatic imine (C=N–C) groups is 1. The van der Waals surface area contributed by atoms with Crippen molar-refractivity contribution in [2.24, 2.45) is 4.99 Å². The van der Waals surface area contributed by atoms with Crippen molar-refractivity contribution >= 4 is 23.5 Å². The second-order valence-corrected chi connectivity index (χ2v) is 7.55. The Hall–Kier alpha value is -4.01. The number of halogens is 1. The second kappa shape index (κ2) is 11.7. The van der Waals surface area contributed by atoms with Crippen molar-refractivity contribution < 1.29 is 18.7 Å². The summed E-state index contributed by atoms with van der Waals surface area (Å²) < 4.78 is 20.4. The molecule has 2 N–H and O–H groups in total. The van der Waals surface area contributed by atoms with E-state index >= 15 is 0 Å². The molecular weight excluding hydrogens is 437 g/mol. The molecule has 3 rings (SSSR count). The first-order chi connectivity index (χ1) is 16.4. The number of esters is 1. The quantitative estimate of drug-likeness (QED) is 0.293. The highest BCUT2D eigenvalue weighted by Gasteiger charge is 2.12. The van der Waals surface area contributed by atoms with Gasteiger partial charge in [-0.2, -0.15) is 5.10 Å². The highest BCUT2D eigenvalue weighted by molar-refractivity contribution is 6.10. The van der Waals surface area contributed by atoms with Crippen LogP contribution in [0.25, 0.3) is 0 Å². The lowest BCUT2D eigenvalue weighted by Gasteiger charge is -2.12. The highest BCUT2D eigenvalue weighted by atomic mass is 19.1. The number of amides is 1. The minimum atomic E-state index is -0.507. The predicted octanol–water partition coefficient (Wildman–Crippen LogP) is 4.32.